The summed E-state index contributed by atoms with van der Waals surface area (Å²) in [7, 11) is 0. The van der Waals surface area contributed by atoms with Crippen LogP contribution in [0.1, 0.15) is 17.2 Å². The number of rotatable bonds is 4. The lowest BCUT2D eigenvalue weighted by molar-refractivity contribution is -0.224. The second-order valence-electron chi connectivity index (χ2n) is 4.68. The van der Waals surface area contributed by atoms with Crippen LogP contribution in [-0.2, 0) is 15.9 Å². The Labute approximate surface area is 108 Å². The van der Waals surface area contributed by atoms with Crippen LogP contribution in [-0.4, -0.2) is 32.1 Å². The van der Waals surface area contributed by atoms with Crippen LogP contribution in [0.3, 0.4) is 0 Å². The smallest absolute Gasteiger partial charge is 0.418 e. The Bertz CT molecular complexity index is 469. The first-order valence-electron chi connectivity index (χ1n) is 6.09. The highest BCUT2D eigenvalue weighted by Gasteiger charge is 2.43. The van der Waals surface area contributed by atoms with E-state index in [2.05, 4.69) is 0 Å². The number of hydrogen-bond donors (Lipinski definition) is 0. The van der Waals surface area contributed by atoms with Crippen LogP contribution in [0.15, 0.2) is 18.2 Å². The molecule has 0 bridgehead atoms. The molecule has 0 amide bonds. The molecule has 0 unspecified atom stereocenters. The highest BCUT2D eigenvalue weighted by atomic mass is 19.4. The summed E-state index contributed by atoms with van der Waals surface area (Å²) >= 11 is 0. The molecular weight excluding hydrogens is 261 g/mol. The number of benzene rings is 1. The molecule has 3 rings (SSSR count). The molecule has 3 nitrogen and oxygen atoms in total. The molecule has 19 heavy (non-hydrogen) atoms. The van der Waals surface area contributed by atoms with E-state index in [4.69, 9.17) is 14.2 Å². The Balaban J connectivity index is 1.81. The molecular formula is C13H13F3O3. The van der Waals surface area contributed by atoms with Crippen molar-refractivity contribution in [1.29, 1.82) is 0 Å². The Morgan fingerprint density at radius 2 is 2.16 bits per heavy atom. The van der Waals surface area contributed by atoms with E-state index in [-0.39, 0.29) is 18.3 Å². The summed E-state index contributed by atoms with van der Waals surface area (Å²) in [6.45, 7) is 0.965. The number of epoxide rings is 1. The van der Waals surface area contributed by atoms with Gasteiger partial charge in [0, 0.05) is 6.42 Å². The minimum atomic E-state index is -4.43. The van der Waals surface area contributed by atoms with Crippen molar-refractivity contribution in [3.05, 3.63) is 29.3 Å². The molecule has 0 aliphatic carbocycles. The van der Waals surface area contributed by atoms with Gasteiger partial charge in [-0.25, -0.2) is 0 Å². The normalized spacial score (nSPS) is 22.8. The quantitative estimate of drug-likeness (QED) is 0.791. The predicted octanol–water partition coefficient (Wildman–Crippen LogP) is 2.64. The zero-order chi connectivity index (χ0) is 13.5. The summed E-state index contributed by atoms with van der Waals surface area (Å²) in [5.41, 5.74) is 0.926. The average molecular weight is 274 g/mol. The van der Waals surface area contributed by atoms with E-state index >= 15 is 0 Å². The van der Waals surface area contributed by atoms with Gasteiger partial charge in [0.1, 0.15) is 11.9 Å². The first-order chi connectivity index (χ1) is 9.04. The summed E-state index contributed by atoms with van der Waals surface area (Å²) in [6, 6.07) is 4.51. The molecule has 2 heterocycles. The number of fused-ring (bicyclic) bond motifs is 1. The minimum Gasteiger partial charge on any atom is -0.493 e. The Morgan fingerprint density at radius 3 is 2.84 bits per heavy atom. The van der Waals surface area contributed by atoms with Crippen molar-refractivity contribution in [3.8, 4) is 5.75 Å². The van der Waals surface area contributed by atoms with E-state index < -0.39 is 12.3 Å². The third kappa shape index (κ3) is 2.84. The lowest BCUT2D eigenvalue weighted by Crippen LogP contribution is -2.25. The van der Waals surface area contributed by atoms with Crippen LogP contribution in [0.4, 0.5) is 13.2 Å². The molecule has 2 aliphatic heterocycles. The number of ether oxygens (including phenoxy) is 3. The molecule has 104 valence electrons. The lowest BCUT2D eigenvalue weighted by Gasteiger charge is -2.21. The van der Waals surface area contributed by atoms with Gasteiger partial charge in [0.2, 0.25) is 0 Å². The fourth-order valence-electron chi connectivity index (χ4n) is 2.12. The highest BCUT2D eigenvalue weighted by Crippen LogP contribution is 2.38. The van der Waals surface area contributed by atoms with Crippen LogP contribution in [0, 0.1) is 0 Å². The van der Waals surface area contributed by atoms with Crippen LogP contribution >= 0.6 is 0 Å². The SMILES string of the molecule is FC(F)(F)[C@@H](OC[C@H]1CO1)c1ccc2c(c1)CCO2. The maximum Gasteiger partial charge on any atom is 0.418 e. The van der Waals surface area contributed by atoms with E-state index in [9.17, 15) is 13.2 Å². The number of hydrogen-bond acceptors (Lipinski definition) is 3. The zero-order valence-electron chi connectivity index (χ0n) is 10.1. The summed E-state index contributed by atoms with van der Waals surface area (Å²) in [6.07, 6.45) is -5.88. The van der Waals surface area contributed by atoms with Gasteiger partial charge in [0.25, 0.3) is 0 Å². The molecule has 2 atom stereocenters. The molecule has 0 saturated carbocycles. The highest BCUT2D eigenvalue weighted by molar-refractivity contribution is 5.40. The lowest BCUT2D eigenvalue weighted by atomic mass is 10.0. The summed E-state index contributed by atoms with van der Waals surface area (Å²) in [4.78, 5) is 0. The Hall–Kier alpha value is -1.27. The second-order valence-corrected chi connectivity index (χ2v) is 4.68. The van der Waals surface area contributed by atoms with Crippen molar-refractivity contribution in [2.45, 2.75) is 24.8 Å². The largest absolute Gasteiger partial charge is 0.493 e. The maximum absolute atomic E-state index is 13.0. The van der Waals surface area contributed by atoms with Gasteiger partial charge in [-0.15, -0.1) is 0 Å². The van der Waals surface area contributed by atoms with Crippen molar-refractivity contribution in [3.63, 3.8) is 0 Å². The van der Waals surface area contributed by atoms with Crippen LogP contribution < -0.4 is 4.74 Å². The molecule has 0 spiro atoms. The molecule has 0 radical (unpaired) electrons. The average Bonchev–Trinajstić information content (AvgIpc) is 3.04. The van der Waals surface area contributed by atoms with Crippen LogP contribution in [0.25, 0.3) is 0 Å². The fraction of sp³-hybridized carbons (Fsp3) is 0.538. The standard InChI is InChI=1S/C13H13F3O3/c14-13(15,16)12(19-7-10-6-18-10)9-1-2-11-8(5-9)3-4-17-11/h1-2,5,10,12H,3-4,6-7H2/t10-,12+/m1/s1. The molecule has 1 saturated heterocycles. The van der Waals surface area contributed by atoms with Crippen LogP contribution in [0.2, 0.25) is 0 Å². The molecule has 1 aromatic carbocycles. The van der Waals surface area contributed by atoms with Crippen molar-refractivity contribution in [1.82, 2.24) is 0 Å². The summed E-state index contributed by atoms with van der Waals surface area (Å²) < 4.78 is 54.2. The third-order valence-electron chi connectivity index (χ3n) is 3.16. The minimum absolute atomic E-state index is 0.0300. The van der Waals surface area contributed by atoms with Gasteiger partial charge in [0.05, 0.1) is 19.8 Å². The Morgan fingerprint density at radius 1 is 1.37 bits per heavy atom. The van der Waals surface area contributed by atoms with E-state index in [1.54, 1.807) is 6.07 Å². The topological polar surface area (TPSA) is 31.0 Å². The van der Waals surface area contributed by atoms with Crippen molar-refractivity contribution < 1.29 is 27.4 Å². The van der Waals surface area contributed by atoms with Crippen LogP contribution in [0.5, 0.6) is 5.75 Å². The molecule has 6 heteroatoms. The van der Waals surface area contributed by atoms with Gasteiger partial charge in [-0.3, -0.25) is 0 Å². The predicted molar refractivity (Wildman–Crippen MR) is 60.1 cm³/mol. The van der Waals surface area contributed by atoms with Gasteiger partial charge < -0.3 is 14.2 Å². The van der Waals surface area contributed by atoms with Gasteiger partial charge in [-0.1, -0.05) is 6.07 Å². The third-order valence-corrected chi connectivity index (χ3v) is 3.16. The van der Waals surface area contributed by atoms with Gasteiger partial charge >= 0.3 is 6.18 Å². The monoisotopic (exact) mass is 274 g/mol. The summed E-state index contributed by atoms with van der Waals surface area (Å²) in [5.74, 6) is 0.662. The van der Waals surface area contributed by atoms with Gasteiger partial charge in [0.15, 0.2) is 6.10 Å². The molecule has 2 aliphatic rings. The molecule has 1 fully saturated rings. The summed E-state index contributed by atoms with van der Waals surface area (Å²) in [5, 5.41) is 0. The Kier molecular flexibility index (Phi) is 3.14. The van der Waals surface area contributed by atoms with Crippen molar-refractivity contribution in [2.24, 2.45) is 0 Å². The maximum atomic E-state index is 13.0. The number of halogens is 3. The van der Waals surface area contributed by atoms with E-state index in [0.29, 0.717) is 25.4 Å². The molecule has 0 aromatic heterocycles. The second kappa shape index (κ2) is 4.68. The van der Waals surface area contributed by atoms with Gasteiger partial charge in [-0.2, -0.15) is 13.2 Å². The number of alkyl halides is 3. The zero-order valence-corrected chi connectivity index (χ0v) is 10.1. The first-order valence-corrected chi connectivity index (χ1v) is 6.09. The van der Waals surface area contributed by atoms with E-state index in [1.807, 2.05) is 0 Å². The van der Waals surface area contributed by atoms with E-state index in [1.165, 1.54) is 12.1 Å². The van der Waals surface area contributed by atoms with E-state index in [0.717, 1.165) is 5.56 Å². The molecule has 1 aromatic rings. The fourth-order valence-corrected chi connectivity index (χ4v) is 2.12. The van der Waals surface area contributed by atoms with Crippen molar-refractivity contribution >= 4 is 0 Å². The van der Waals surface area contributed by atoms with Gasteiger partial charge in [-0.05, 0) is 23.3 Å². The van der Waals surface area contributed by atoms with Crippen molar-refractivity contribution in [2.75, 3.05) is 19.8 Å². The first kappa shape index (κ1) is 12.7. The molecule has 0 N–H and O–H groups in total.